The Bertz CT molecular complexity index is 543. The quantitative estimate of drug-likeness (QED) is 0.930. The molecule has 1 aromatic heterocycles. The summed E-state index contributed by atoms with van der Waals surface area (Å²) < 4.78 is 2.10. The molecule has 0 bridgehead atoms. The highest BCUT2D eigenvalue weighted by Crippen LogP contribution is 2.20. The molecule has 1 aliphatic heterocycles. The summed E-state index contributed by atoms with van der Waals surface area (Å²) in [6, 6.07) is 9.19. The minimum absolute atomic E-state index is 0.657. The highest BCUT2D eigenvalue weighted by atomic mass is 32.2. The van der Waals surface area contributed by atoms with Gasteiger partial charge in [0.25, 0.3) is 0 Å². The largest absolute Gasteiger partial charge is 0.307 e. The van der Waals surface area contributed by atoms with E-state index in [0.29, 0.717) is 6.04 Å². The van der Waals surface area contributed by atoms with Crippen molar-refractivity contribution in [1.29, 1.82) is 0 Å². The fourth-order valence-corrected chi connectivity index (χ4v) is 3.82. The number of para-hydroxylation sites is 1. The van der Waals surface area contributed by atoms with Gasteiger partial charge in [-0.25, -0.2) is 0 Å². The Balaban J connectivity index is 1.76. The number of hydrogen-bond acceptors (Lipinski definition) is 3. The molecule has 2 aromatic rings. The van der Waals surface area contributed by atoms with Crippen molar-refractivity contribution in [3.05, 3.63) is 30.0 Å². The molecule has 0 amide bonds. The molecule has 3 nitrogen and oxygen atoms in total. The Morgan fingerprint density at radius 3 is 3.11 bits per heavy atom. The summed E-state index contributed by atoms with van der Waals surface area (Å²) >= 11 is 2.06. The van der Waals surface area contributed by atoms with Crippen LogP contribution in [0.3, 0.4) is 0 Å². The predicted molar refractivity (Wildman–Crippen MR) is 82.6 cm³/mol. The van der Waals surface area contributed by atoms with Crippen LogP contribution in [0.1, 0.15) is 25.5 Å². The third-order valence-corrected chi connectivity index (χ3v) is 4.97. The van der Waals surface area contributed by atoms with Crippen LogP contribution in [0.15, 0.2) is 24.3 Å². The van der Waals surface area contributed by atoms with Gasteiger partial charge >= 0.3 is 0 Å². The molecule has 0 radical (unpaired) electrons. The first kappa shape index (κ1) is 13.0. The maximum absolute atomic E-state index is 4.74. The highest BCUT2D eigenvalue weighted by molar-refractivity contribution is 7.99. The molecule has 0 spiro atoms. The Morgan fingerprint density at radius 2 is 2.32 bits per heavy atom. The smallest absolute Gasteiger partial charge is 0.0841 e. The number of nitrogens with one attached hydrogen (secondary N) is 1. The SMILES string of the molecule is CCn1nc(CN[C@H]2CCCSC2)c2ccccc21. The lowest BCUT2D eigenvalue weighted by Gasteiger charge is -2.22. The van der Waals surface area contributed by atoms with E-state index in [1.807, 2.05) is 0 Å². The Morgan fingerprint density at radius 1 is 1.42 bits per heavy atom. The van der Waals surface area contributed by atoms with Crippen molar-refractivity contribution in [2.24, 2.45) is 0 Å². The lowest BCUT2D eigenvalue weighted by molar-refractivity contribution is 0.501. The molecule has 4 heteroatoms. The summed E-state index contributed by atoms with van der Waals surface area (Å²) in [5, 5.41) is 9.70. The van der Waals surface area contributed by atoms with Crippen molar-refractivity contribution in [2.45, 2.75) is 38.9 Å². The average molecular weight is 275 g/mol. The van der Waals surface area contributed by atoms with Crippen LogP contribution in [0.2, 0.25) is 0 Å². The van der Waals surface area contributed by atoms with Crippen molar-refractivity contribution in [3.63, 3.8) is 0 Å². The van der Waals surface area contributed by atoms with E-state index in [0.717, 1.165) is 13.1 Å². The van der Waals surface area contributed by atoms with Gasteiger partial charge in [0, 0.05) is 30.3 Å². The molecule has 3 rings (SSSR count). The normalized spacial score (nSPS) is 19.9. The molecule has 1 aliphatic rings. The van der Waals surface area contributed by atoms with Crippen LogP contribution in [0, 0.1) is 0 Å². The summed E-state index contributed by atoms with van der Waals surface area (Å²) in [6.45, 7) is 3.97. The van der Waals surface area contributed by atoms with Crippen molar-refractivity contribution in [3.8, 4) is 0 Å². The van der Waals surface area contributed by atoms with Crippen molar-refractivity contribution >= 4 is 22.7 Å². The molecule has 19 heavy (non-hydrogen) atoms. The number of thioether (sulfide) groups is 1. The fraction of sp³-hybridized carbons (Fsp3) is 0.533. The molecular weight excluding hydrogens is 254 g/mol. The first-order chi connectivity index (χ1) is 9.38. The van der Waals surface area contributed by atoms with Gasteiger partial charge in [-0.1, -0.05) is 18.2 Å². The maximum Gasteiger partial charge on any atom is 0.0841 e. The summed E-state index contributed by atoms with van der Waals surface area (Å²) in [6.07, 6.45) is 2.64. The van der Waals surface area contributed by atoms with Crippen molar-refractivity contribution in [2.75, 3.05) is 11.5 Å². The maximum atomic E-state index is 4.74. The van der Waals surface area contributed by atoms with Gasteiger partial charge in [-0.15, -0.1) is 0 Å². The Labute approximate surface area is 118 Å². The van der Waals surface area contributed by atoms with E-state index in [1.165, 1.54) is 40.9 Å². The van der Waals surface area contributed by atoms with E-state index in [1.54, 1.807) is 0 Å². The van der Waals surface area contributed by atoms with Crippen LogP contribution in [0.5, 0.6) is 0 Å². The average Bonchev–Trinajstić information content (AvgIpc) is 2.84. The third-order valence-electron chi connectivity index (χ3n) is 3.75. The van der Waals surface area contributed by atoms with E-state index in [9.17, 15) is 0 Å². The number of fused-ring (bicyclic) bond motifs is 1. The summed E-state index contributed by atoms with van der Waals surface area (Å²) in [5.74, 6) is 2.57. The standard InChI is InChI=1S/C15H21N3S/c1-2-18-15-8-4-3-7-13(15)14(17-18)10-16-12-6-5-9-19-11-12/h3-4,7-8,12,16H,2,5-6,9-11H2,1H3/t12-/m0/s1. The molecule has 102 valence electrons. The van der Waals surface area contributed by atoms with Gasteiger partial charge in [0.15, 0.2) is 0 Å². The van der Waals surface area contributed by atoms with Gasteiger partial charge in [0.2, 0.25) is 0 Å². The fourth-order valence-electron chi connectivity index (χ4n) is 2.71. The van der Waals surface area contributed by atoms with Gasteiger partial charge in [0.1, 0.15) is 0 Å². The van der Waals surface area contributed by atoms with Gasteiger partial charge in [-0.05, 0) is 31.6 Å². The van der Waals surface area contributed by atoms with E-state index in [4.69, 9.17) is 5.10 Å². The van der Waals surface area contributed by atoms with Gasteiger partial charge < -0.3 is 5.32 Å². The topological polar surface area (TPSA) is 29.9 Å². The second-order valence-corrected chi connectivity index (χ2v) is 6.22. The lowest BCUT2D eigenvalue weighted by Crippen LogP contribution is -2.33. The van der Waals surface area contributed by atoms with Crippen LogP contribution in [-0.2, 0) is 13.1 Å². The zero-order valence-electron chi connectivity index (χ0n) is 11.4. The summed E-state index contributed by atoms with van der Waals surface area (Å²) in [4.78, 5) is 0. The number of aromatic nitrogens is 2. The molecule has 1 fully saturated rings. The van der Waals surface area contributed by atoms with Crippen LogP contribution >= 0.6 is 11.8 Å². The second-order valence-electron chi connectivity index (χ2n) is 5.07. The predicted octanol–water partition coefficient (Wildman–Crippen LogP) is 3.04. The molecule has 1 atom stereocenters. The summed E-state index contributed by atoms with van der Waals surface area (Å²) in [7, 11) is 0. The second kappa shape index (κ2) is 5.97. The minimum atomic E-state index is 0.657. The van der Waals surface area contributed by atoms with E-state index in [2.05, 4.69) is 52.9 Å². The first-order valence-electron chi connectivity index (χ1n) is 7.14. The van der Waals surface area contributed by atoms with E-state index in [-0.39, 0.29) is 0 Å². The Hall–Kier alpha value is -1.00. The van der Waals surface area contributed by atoms with Crippen LogP contribution < -0.4 is 5.32 Å². The van der Waals surface area contributed by atoms with Gasteiger partial charge in [-0.2, -0.15) is 16.9 Å². The van der Waals surface area contributed by atoms with Crippen LogP contribution in [0.4, 0.5) is 0 Å². The molecule has 0 saturated carbocycles. The van der Waals surface area contributed by atoms with Crippen molar-refractivity contribution < 1.29 is 0 Å². The van der Waals surface area contributed by atoms with Gasteiger partial charge in [-0.3, -0.25) is 4.68 Å². The van der Waals surface area contributed by atoms with Crippen molar-refractivity contribution in [1.82, 2.24) is 15.1 Å². The third kappa shape index (κ3) is 2.79. The highest BCUT2D eigenvalue weighted by Gasteiger charge is 2.15. The minimum Gasteiger partial charge on any atom is -0.307 e. The molecule has 1 saturated heterocycles. The monoisotopic (exact) mass is 275 g/mol. The first-order valence-corrected chi connectivity index (χ1v) is 8.29. The molecular formula is C15H21N3S. The molecule has 0 aliphatic carbocycles. The molecule has 0 unspecified atom stereocenters. The zero-order chi connectivity index (χ0) is 13.1. The van der Waals surface area contributed by atoms with E-state index >= 15 is 0 Å². The lowest BCUT2D eigenvalue weighted by atomic mass is 10.1. The number of aryl methyl sites for hydroxylation is 1. The number of hydrogen-bond donors (Lipinski definition) is 1. The van der Waals surface area contributed by atoms with Crippen LogP contribution in [-0.4, -0.2) is 27.3 Å². The van der Waals surface area contributed by atoms with E-state index < -0.39 is 0 Å². The zero-order valence-corrected chi connectivity index (χ0v) is 12.2. The molecule has 1 N–H and O–H groups in total. The number of rotatable bonds is 4. The molecule has 1 aromatic carbocycles. The summed E-state index contributed by atoms with van der Waals surface area (Å²) in [5.41, 5.74) is 2.44. The number of benzene rings is 1. The Kier molecular flexibility index (Phi) is 4.09. The molecule has 2 heterocycles. The van der Waals surface area contributed by atoms with Crippen LogP contribution in [0.25, 0.3) is 10.9 Å². The number of nitrogens with zero attached hydrogens (tertiary/aromatic N) is 2. The van der Waals surface area contributed by atoms with Gasteiger partial charge in [0.05, 0.1) is 11.2 Å².